The Kier molecular flexibility index (Phi) is 1.90. The highest BCUT2D eigenvalue weighted by Crippen LogP contribution is 2.26. The Hall–Kier alpha value is -0.450. The van der Waals surface area contributed by atoms with Gasteiger partial charge in [-0.3, -0.25) is 0 Å². The van der Waals surface area contributed by atoms with E-state index in [1.807, 2.05) is 0 Å². The molecule has 0 bridgehead atoms. The third kappa shape index (κ3) is 1.26. The van der Waals surface area contributed by atoms with Gasteiger partial charge in [0.2, 0.25) is 6.43 Å². The van der Waals surface area contributed by atoms with Gasteiger partial charge in [0.05, 0.1) is 0 Å². The summed E-state index contributed by atoms with van der Waals surface area (Å²) in [5.41, 5.74) is 0. The summed E-state index contributed by atoms with van der Waals surface area (Å²) in [5.74, 6) is 0.216. The van der Waals surface area contributed by atoms with E-state index in [1.165, 1.54) is 0 Å². The third-order valence-corrected chi connectivity index (χ3v) is 2.44. The van der Waals surface area contributed by atoms with Crippen molar-refractivity contribution in [2.24, 2.45) is 5.92 Å². The molecule has 1 unspecified atom stereocenters. The Labute approximate surface area is 76.7 Å². The van der Waals surface area contributed by atoms with Crippen LogP contribution in [-0.4, -0.2) is 16.0 Å². The van der Waals surface area contributed by atoms with Crippen LogP contribution in [0.4, 0.5) is 8.78 Å². The monoisotopic (exact) mass is 236 g/mol. The molecule has 0 fully saturated rings. The summed E-state index contributed by atoms with van der Waals surface area (Å²) in [6.07, 6.45) is -0.0912. The second-order valence-electron chi connectivity index (χ2n) is 2.93. The van der Waals surface area contributed by atoms with Crippen molar-refractivity contribution in [3.8, 4) is 0 Å². The van der Waals surface area contributed by atoms with Gasteiger partial charge in [0.1, 0.15) is 10.4 Å². The lowest BCUT2D eigenvalue weighted by Crippen LogP contribution is -2.12. The van der Waals surface area contributed by atoms with E-state index in [1.54, 1.807) is 10.8 Å². The molecule has 2 heterocycles. The van der Waals surface area contributed by atoms with Crippen LogP contribution in [0.3, 0.4) is 0 Å². The van der Waals surface area contributed by atoms with Crippen LogP contribution in [0.2, 0.25) is 0 Å². The van der Waals surface area contributed by atoms with Crippen molar-refractivity contribution in [1.29, 1.82) is 0 Å². The highest BCUT2D eigenvalue weighted by molar-refractivity contribution is 9.10. The number of nitrogens with zero attached hydrogens (tertiary/aromatic N) is 2. The zero-order valence-electron chi connectivity index (χ0n) is 6.17. The van der Waals surface area contributed by atoms with Crippen LogP contribution in [0.25, 0.3) is 0 Å². The number of fused-ring (bicyclic) bond motifs is 1. The maximum Gasteiger partial charge on any atom is 0.243 e. The van der Waals surface area contributed by atoms with E-state index in [0.717, 1.165) is 10.4 Å². The second kappa shape index (κ2) is 2.80. The van der Waals surface area contributed by atoms with E-state index in [9.17, 15) is 8.78 Å². The molecule has 1 aromatic heterocycles. The maximum atomic E-state index is 12.2. The molecule has 1 atom stereocenters. The molecule has 0 saturated carbocycles. The first-order valence-electron chi connectivity index (χ1n) is 3.66. The Morgan fingerprint density at radius 2 is 2.42 bits per heavy atom. The minimum absolute atomic E-state index is 0.392. The van der Waals surface area contributed by atoms with Gasteiger partial charge in [0.25, 0.3) is 0 Å². The third-order valence-electron chi connectivity index (χ3n) is 2.06. The molecule has 12 heavy (non-hydrogen) atoms. The molecule has 0 aliphatic carbocycles. The largest absolute Gasteiger partial charge is 0.333 e. The molecule has 1 aliphatic heterocycles. The summed E-state index contributed by atoms with van der Waals surface area (Å²) >= 11 is 3.20. The predicted octanol–water partition coefficient (Wildman–Crippen LogP) is 2.08. The van der Waals surface area contributed by atoms with Crippen molar-refractivity contribution in [2.75, 3.05) is 0 Å². The topological polar surface area (TPSA) is 17.8 Å². The summed E-state index contributed by atoms with van der Waals surface area (Å²) in [7, 11) is 0. The molecule has 66 valence electrons. The fraction of sp³-hybridized carbons (Fsp3) is 0.571. The first-order chi connectivity index (χ1) is 5.66. The van der Waals surface area contributed by atoms with Gasteiger partial charge >= 0.3 is 0 Å². The molecule has 5 heteroatoms. The number of halogens is 3. The second-order valence-corrected chi connectivity index (χ2v) is 3.74. The van der Waals surface area contributed by atoms with E-state index in [0.29, 0.717) is 13.0 Å². The van der Waals surface area contributed by atoms with Gasteiger partial charge < -0.3 is 4.57 Å². The number of alkyl halides is 2. The van der Waals surface area contributed by atoms with Gasteiger partial charge in [-0.05, 0) is 15.9 Å². The Balaban J connectivity index is 2.18. The van der Waals surface area contributed by atoms with Crippen molar-refractivity contribution in [1.82, 2.24) is 9.55 Å². The van der Waals surface area contributed by atoms with Gasteiger partial charge in [0.15, 0.2) is 0 Å². The van der Waals surface area contributed by atoms with Crippen LogP contribution < -0.4 is 0 Å². The van der Waals surface area contributed by atoms with Crippen LogP contribution >= 0.6 is 15.9 Å². The number of imidazole rings is 1. The molecule has 0 aromatic carbocycles. The summed E-state index contributed by atoms with van der Waals surface area (Å²) in [6.45, 7) is 0.394. The molecular weight excluding hydrogens is 230 g/mol. The standard InChI is InChI=1S/C7H7BrF2N2/c8-5-3-12-2-4(7(9)10)1-6(12)11-5/h3-4,7H,1-2H2. The minimum atomic E-state index is -2.23. The number of aromatic nitrogens is 2. The molecule has 2 nitrogen and oxygen atoms in total. The van der Waals surface area contributed by atoms with Crippen molar-refractivity contribution in [3.05, 3.63) is 16.6 Å². The van der Waals surface area contributed by atoms with E-state index in [2.05, 4.69) is 20.9 Å². The molecule has 0 N–H and O–H groups in total. The molecule has 1 aliphatic rings. The molecule has 0 amide bonds. The van der Waals surface area contributed by atoms with E-state index >= 15 is 0 Å². The van der Waals surface area contributed by atoms with E-state index in [-0.39, 0.29) is 0 Å². The molecular formula is C7H7BrF2N2. The maximum absolute atomic E-state index is 12.2. The van der Waals surface area contributed by atoms with Crippen LogP contribution in [-0.2, 0) is 13.0 Å². The molecule has 0 spiro atoms. The van der Waals surface area contributed by atoms with Gasteiger partial charge in [0, 0.05) is 25.1 Å². The minimum Gasteiger partial charge on any atom is -0.333 e. The number of hydrogen-bond acceptors (Lipinski definition) is 1. The summed E-state index contributed by atoms with van der Waals surface area (Å²) < 4.78 is 27.0. The van der Waals surface area contributed by atoms with Crippen LogP contribution in [0, 0.1) is 5.92 Å². The lowest BCUT2D eigenvalue weighted by Gasteiger charge is -2.05. The predicted molar refractivity (Wildman–Crippen MR) is 43.1 cm³/mol. The van der Waals surface area contributed by atoms with Crippen molar-refractivity contribution < 1.29 is 8.78 Å². The Morgan fingerprint density at radius 1 is 1.67 bits per heavy atom. The number of hydrogen-bond donors (Lipinski definition) is 0. The van der Waals surface area contributed by atoms with Crippen LogP contribution in [0.5, 0.6) is 0 Å². The van der Waals surface area contributed by atoms with Gasteiger partial charge in [-0.15, -0.1) is 0 Å². The van der Waals surface area contributed by atoms with E-state index < -0.39 is 12.3 Å². The Morgan fingerprint density at radius 3 is 3.00 bits per heavy atom. The normalized spacial score (nSPS) is 21.8. The van der Waals surface area contributed by atoms with Crippen LogP contribution in [0.15, 0.2) is 10.8 Å². The first kappa shape index (κ1) is 8.16. The zero-order chi connectivity index (χ0) is 8.72. The summed E-state index contributed by atoms with van der Waals surface area (Å²) in [5, 5.41) is 0. The van der Waals surface area contributed by atoms with Crippen LogP contribution in [0.1, 0.15) is 5.82 Å². The summed E-state index contributed by atoms with van der Waals surface area (Å²) in [4.78, 5) is 4.07. The molecule has 0 radical (unpaired) electrons. The van der Waals surface area contributed by atoms with Crippen molar-refractivity contribution >= 4 is 15.9 Å². The quantitative estimate of drug-likeness (QED) is 0.731. The van der Waals surface area contributed by atoms with Gasteiger partial charge in [-0.2, -0.15) is 0 Å². The lowest BCUT2D eigenvalue weighted by molar-refractivity contribution is 0.0772. The summed E-state index contributed by atoms with van der Waals surface area (Å²) in [6, 6.07) is 0. The lowest BCUT2D eigenvalue weighted by atomic mass is 10.1. The fourth-order valence-electron chi connectivity index (χ4n) is 1.46. The van der Waals surface area contributed by atoms with E-state index in [4.69, 9.17) is 0 Å². The average Bonchev–Trinajstić information content (AvgIpc) is 2.42. The van der Waals surface area contributed by atoms with Crippen molar-refractivity contribution in [3.63, 3.8) is 0 Å². The average molecular weight is 237 g/mol. The number of rotatable bonds is 1. The first-order valence-corrected chi connectivity index (χ1v) is 4.46. The zero-order valence-corrected chi connectivity index (χ0v) is 7.76. The van der Waals surface area contributed by atoms with Crippen molar-refractivity contribution in [2.45, 2.75) is 19.4 Å². The Bertz CT molecular complexity index is 274. The molecule has 0 saturated heterocycles. The smallest absolute Gasteiger partial charge is 0.243 e. The molecule has 1 aromatic rings. The fourth-order valence-corrected chi connectivity index (χ4v) is 1.91. The van der Waals surface area contributed by atoms with Gasteiger partial charge in [-0.25, -0.2) is 13.8 Å². The van der Waals surface area contributed by atoms with Gasteiger partial charge in [-0.1, -0.05) is 0 Å². The molecule has 2 rings (SSSR count). The highest BCUT2D eigenvalue weighted by Gasteiger charge is 2.29. The highest BCUT2D eigenvalue weighted by atomic mass is 79.9. The SMILES string of the molecule is FC(F)C1Cc2nc(Br)cn2C1.